The number of nitrogens with zero attached hydrogens (tertiary/aromatic N) is 1. The van der Waals surface area contributed by atoms with E-state index < -0.39 is 16.1 Å². The summed E-state index contributed by atoms with van der Waals surface area (Å²) in [4.78, 5) is 10.9. The minimum Gasteiger partial charge on any atom is -0.493 e. The Kier molecular flexibility index (Phi) is 6.56. The van der Waals surface area contributed by atoms with E-state index in [1.165, 1.54) is 43.7 Å². The van der Waals surface area contributed by atoms with Gasteiger partial charge in [-0.05, 0) is 67.1 Å². The summed E-state index contributed by atoms with van der Waals surface area (Å²) in [6, 6.07) is 17.1. The predicted octanol–water partition coefficient (Wildman–Crippen LogP) is 3.92. The summed E-state index contributed by atoms with van der Waals surface area (Å²) in [5.74, 6) is -0.725. The number of carboxylic acids is 1. The Labute approximate surface area is 179 Å². The quantitative estimate of drug-likeness (QED) is 0.310. The maximum absolute atomic E-state index is 12.5. The van der Waals surface area contributed by atoms with Crippen molar-refractivity contribution in [2.45, 2.75) is 11.8 Å². The minimum absolute atomic E-state index is 0.0453. The van der Waals surface area contributed by atoms with Gasteiger partial charge in [-0.25, -0.2) is 4.79 Å². The van der Waals surface area contributed by atoms with Crippen molar-refractivity contribution in [2.24, 2.45) is 5.10 Å². The molecule has 0 spiro atoms. The second-order valence-corrected chi connectivity index (χ2v) is 8.06. The zero-order valence-corrected chi connectivity index (χ0v) is 17.6. The fourth-order valence-corrected chi connectivity index (χ4v) is 3.51. The fraction of sp³-hybridized carbons (Fsp3) is 0.0909. The summed E-state index contributed by atoms with van der Waals surface area (Å²) in [6.07, 6.45) is 1.51. The first-order chi connectivity index (χ1) is 14.8. The van der Waals surface area contributed by atoms with Gasteiger partial charge in [0.25, 0.3) is 0 Å². The summed E-state index contributed by atoms with van der Waals surface area (Å²) in [5, 5.41) is 13.0. The largest absolute Gasteiger partial charge is 0.493 e. The Morgan fingerprint density at radius 2 is 1.68 bits per heavy atom. The first-order valence-corrected chi connectivity index (χ1v) is 10.5. The molecule has 0 heterocycles. The van der Waals surface area contributed by atoms with Crippen molar-refractivity contribution in [2.75, 3.05) is 12.5 Å². The van der Waals surface area contributed by atoms with E-state index in [0.29, 0.717) is 11.3 Å². The van der Waals surface area contributed by atoms with Gasteiger partial charge in [-0.3, -0.25) is 5.43 Å². The van der Waals surface area contributed by atoms with Gasteiger partial charge in [-0.2, -0.15) is 13.5 Å². The molecular formula is C22H20N2O6S. The molecule has 31 heavy (non-hydrogen) atoms. The maximum Gasteiger partial charge on any atom is 0.339 e. The first-order valence-electron chi connectivity index (χ1n) is 9.10. The number of hydrogen-bond donors (Lipinski definition) is 2. The number of hydrogen-bond acceptors (Lipinski definition) is 7. The Morgan fingerprint density at radius 1 is 1.00 bits per heavy atom. The van der Waals surface area contributed by atoms with Gasteiger partial charge in [0.2, 0.25) is 0 Å². The summed E-state index contributed by atoms with van der Waals surface area (Å²) in [6.45, 7) is 1.86. The molecule has 0 saturated heterocycles. The van der Waals surface area contributed by atoms with E-state index in [1.54, 1.807) is 36.4 Å². The Balaban J connectivity index is 1.72. The zero-order valence-electron chi connectivity index (χ0n) is 16.8. The van der Waals surface area contributed by atoms with Crippen LogP contribution in [0.15, 0.2) is 76.7 Å². The number of ether oxygens (including phenoxy) is 1. The van der Waals surface area contributed by atoms with Gasteiger partial charge in [0, 0.05) is 0 Å². The lowest BCUT2D eigenvalue weighted by atomic mass is 10.2. The third-order valence-electron chi connectivity index (χ3n) is 4.24. The Hall–Kier alpha value is -3.85. The van der Waals surface area contributed by atoms with Gasteiger partial charge >= 0.3 is 16.1 Å². The molecule has 0 bridgehead atoms. The van der Waals surface area contributed by atoms with Gasteiger partial charge in [0.1, 0.15) is 4.90 Å². The van der Waals surface area contributed by atoms with Crippen molar-refractivity contribution in [3.63, 3.8) is 0 Å². The second-order valence-electron chi connectivity index (χ2n) is 6.51. The van der Waals surface area contributed by atoms with Crippen molar-refractivity contribution in [1.29, 1.82) is 0 Å². The summed E-state index contributed by atoms with van der Waals surface area (Å²) in [7, 11) is -2.60. The molecule has 0 aliphatic heterocycles. The van der Waals surface area contributed by atoms with E-state index >= 15 is 0 Å². The molecule has 160 valence electrons. The van der Waals surface area contributed by atoms with Crippen LogP contribution in [-0.4, -0.2) is 32.8 Å². The third kappa shape index (κ3) is 5.61. The highest BCUT2D eigenvalue weighted by Crippen LogP contribution is 2.30. The van der Waals surface area contributed by atoms with Crippen LogP contribution in [-0.2, 0) is 10.1 Å². The van der Waals surface area contributed by atoms with Crippen LogP contribution in [0.2, 0.25) is 0 Å². The van der Waals surface area contributed by atoms with Gasteiger partial charge in [-0.15, -0.1) is 0 Å². The standard InChI is InChI=1S/C22H20N2O6S/c1-15-3-10-19(11-4-15)31(27,28)30-20-12-5-16(13-21(20)29-2)14-23-24-18-8-6-17(7-9-18)22(25)26/h3-14,24H,1-2H3,(H,25,26)/b23-14-. The molecule has 3 aromatic carbocycles. The number of aromatic carboxylic acids is 1. The van der Waals surface area contributed by atoms with Crippen molar-refractivity contribution >= 4 is 28.0 Å². The molecule has 0 fully saturated rings. The van der Waals surface area contributed by atoms with Crippen molar-refractivity contribution in [1.82, 2.24) is 0 Å². The maximum atomic E-state index is 12.5. The SMILES string of the molecule is COc1cc(/C=N\Nc2ccc(C(=O)O)cc2)ccc1OS(=O)(=O)c1ccc(C)cc1. The van der Waals surface area contributed by atoms with Crippen LogP contribution in [0, 0.1) is 6.92 Å². The average molecular weight is 440 g/mol. The highest BCUT2D eigenvalue weighted by atomic mass is 32.2. The molecule has 0 aromatic heterocycles. The van der Waals surface area contributed by atoms with E-state index in [4.69, 9.17) is 14.0 Å². The number of carboxylic acid groups (broad SMARTS) is 1. The number of benzene rings is 3. The molecule has 3 aromatic rings. The third-order valence-corrected chi connectivity index (χ3v) is 5.48. The number of hydrazone groups is 1. The van der Waals surface area contributed by atoms with Crippen LogP contribution in [0.4, 0.5) is 5.69 Å². The molecule has 8 nitrogen and oxygen atoms in total. The number of rotatable bonds is 8. The van der Waals surface area contributed by atoms with Gasteiger partial charge < -0.3 is 14.0 Å². The Bertz CT molecular complexity index is 1200. The second kappa shape index (κ2) is 9.31. The van der Waals surface area contributed by atoms with Crippen LogP contribution in [0.3, 0.4) is 0 Å². The topological polar surface area (TPSA) is 114 Å². The van der Waals surface area contributed by atoms with Crippen LogP contribution in [0.25, 0.3) is 0 Å². The average Bonchev–Trinajstić information content (AvgIpc) is 2.75. The van der Waals surface area contributed by atoms with E-state index in [9.17, 15) is 13.2 Å². The molecule has 0 saturated carbocycles. The van der Waals surface area contributed by atoms with Crippen molar-refractivity contribution in [3.8, 4) is 11.5 Å². The van der Waals surface area contributed by atoms with E-state index in [-0.39, 0.29) is 22.0 Å². The highest BCUT2D eigenvalue weighted by molar-refractivity contribution is 7.87. The number of carbonyl (C=O) groups is 1. The summed E-state index contributed by atoms with van der Waals surface area (Å²) in [5.41, 5.74) is 5.14. The molecular weight excluding hydrogens is 420 g/mol. The molecule has 0 aliphatic rings. The van der Waals surface area contributed by atoms with E-state index in [2.05, 4.69) is 10.5 Å². The van der Waals surface area contributed by atoms with E-state index in [1.807, 2.05) is 6.92 Å². The molecule has 0 amide bonds. The number of aryl methyl sites for hydroxylation is 1. The predicted molar refractivity (Wildman–Crippen MR) is 117 cm³/mol. The number of anilines is 1. The van der Waals surface area contributed by atoms with Crippen LogP contribution < -0.4 is 14.3 Å². The van der Waals surface area contributed by atoms with Gasteiger partial charge in [0.15, 0.2) is 11.5 Å². The number of methoxy groups -OCH3 is 1. The number of nitrogens with one attached hydrogen (secondary N) is 1. The van der Waals surface area contributed by atoms with Crippen LogP contribution in [0.5, 0.6) is 11.5 Å². The highest BCUT2D eigenvalue weighted by Gasteiger charge is 2.19. The van der Waals surface area contributed by atoms with Gasteiger partial charge in [-0.1, -0.05) is 17.7 Å². The van der Waals surface area contributed by atoms with Crippen LogP contribution in [0.1, 0.15) is 21.5 Å². The molecule has 0 unspecified atom stereocenters. The minimum atomic E-state index is -4.01. The molecule has 0 atom stereocenters. The smallest absolute Gasteiger partial charge is 0.339 e. The molecule has 2 N–H and O–H groups in total. The lowest BCUT2D eigenvalue weighted by molar-refractivity contribution is 0.0697. The monoisotopic (exact) mass is 440 g/mol. The first kappa shape index (κ1) is 21.8. The van der Waals surface area contributed by atoms with Crippen LogP contribution >= 0.6 is 0 Å². The molecule has 0 radical (unpaired) electrons. The van der Waals surface area contributed by atoms with E-state index in [0.717, 1.165) is 5.56 Å². The lowest BCUT2D eigenvalue weighted by Crippen LogP contribution is -2.10. The fourth-order valence-electron chi connectivity index (χ4n) is 2.57. The summed E-state index contributed by atoms with van der Waals surface area (Å²) < 4.78 is 35.5. The van der Waals surface area contributed by atoms with Gasteiger partial charge in [0.05, 0.1) is 24.6 Å². The lowest BCUT2D eigenvalue weighted by Gasteiger charge is -2.11. The van der Waals surface area contributed by atoms with Crippen molar-refractivity contribution in [3.05, 3.63) is 83.4 Å². The molecule has 0 aliphatic carbocycles. The summed E-state index contributed by atoms with van der Waals surface area (Å²) >= 11 is 0. The molecule has 3 rings (SSSR count). The zero-order chi connectivity index (χ0) is 22.4. The Morgan fingerprint density at radius 3 is 2.29 bits per heavy atom. The molecule has 9 heteroatoms. The van der Waals surface area contributed by atoms with Crippen molar-refractivity contribution < 1.29 is 27.2 Å². The normalized spacial score (nSPS) is 11.3.